The Hall–Kier alpha value is -3.20. The average molecular weight is 388 g/mol. The third-order valence-corrected chi connectivity index (χ3v) is 5.42. The molecule has 0 atom stereocenters. The Morgan fingerprint density at radius 3 is 2.26 bits per heavy atom. The number of carbonyl (C=O) groups is 1. The molecule has 0 saturated heterocycles. The SMILES string of the molecule is Cn1c(=O)n(Cc2ccc(S(C)(=O)=O)cc2)c(=O)c2cc(C(=O)O)ccc21. The van der Waals surface area contributed by atoms with Crippen LogP contribution in [0.4, 0.5) is 0 Å². The maximum absolute atomic E-state index is 12.8. The Bertz CT molecular complexity index is 1280. The molecule has 0 radical (unpaired) electrons. The Morgan fingerprint density at radius 2 is 1.70 bits per heavy atom. The molecule has 0 saturated carbocycles. The fraction of sp³-hybridized carbons (Fsp3) is 0.167. The molecular weight excluding hydrogens is 372 g/mol. The average Bonchev–Trinajstić information content (AvgIpc) is 2.62. The molecule has 0 bridgehead atoms. The zero-order valence-electron chi connectivity index (χ0n) is 14.5. The van der Waals surface area contributed by atoms with Gasteiger partial charge in [0.1, 0.15) is 0 Å². The molecule has 0 fully saturated rings. The fourth-order valence-electron chi connectivity index (χ4n) is 2.81. The van der Waals surface area contributed by atoms with Crippen LogP contribution in [0.15, 0.2) is 56.9 Å². The van der Waals surface area contributed by atoms with Crippen molar-refractivity contribution in [2.75, 3.05) is 6.26 Å². The third-order valence-electron chi connectivity index (χ3n) is 4.29. The number of hydrogen-bond acceptors (Lipinski definition) is 5. The topological polar surface area (TPSA) is 115 Å². The highest BCUT2D eigenvalue weighted by Crippen LogP contribution is 2.13. The summed E-state index contributed by atoms with van der Waals surface area (Å²) in [5, 5.41) is 9.24. The summed E-state index contributed by atoms with van der Waals surface area (Å²) in [7, 11) is -1.85. The van der Waals surface area contributed by atoms with Gasteiger partial charge in [-0.1, -0.05) is 12.1 Å². The van der Waals surface area contributed by atoms with Crippen molar-refractivity contribution in [1.82, 2.24) is 9.13 Å². The first-order valence-corrected chi connectivity index (χ1v) is 9.74. The molecule has 2 aromatic carbocycles. The molecule has 3 aromatic rings. The first-order chi connectivity index (χ1) is 12.6. The van der Waals surface area contributed by atoms with E-state index in [1.165, 1.54) is 54.1 Å². The van der Waals surface area contributed by atoms with E-state index in [9.17, 15) is 22.8 Å². The summed E-state index contributed by atoms with van der Waals surface area (Å²) in [5.74, 6) is -1.17. The lowest BCUT2D eigenvalue weighted by Crippen LogP contribution is -2.39. The summed E-state index contributed by atoms with van der Waals surface area (Å²) in [5.41, 5.74) is -0.317. The van der Waals surface area contributed by atoms with E-state index in [0.29, 0.717) is 11.1 Å². The monoisotopic (exact) mass is 388 g/mol. The number of sulfone groups is 1. The second-order valence-electron chi connectivity index (χ2n) is 6.19. The number of nitrogens with zero attached hydrogens (tertiary/aromatic N) is 2. The van der Waals surface area contributed by atoms with E-state index in [0.717, 1.165) is 10.8 Å². The molecule has 9 heteroatoms. The number of aryl methyl sites for hydroxylation is 1. The lowest BCUT2D eigenvalue weighted by molar-refractivity contribution is 0.0697. The van der Waals surface area contributed by atoms with E-state index < -0.39 is 27.1 Å². The zero-order valence-corrected chi connectivity index (χ0v) is 15.4. The van der Waals surface area contributed by atoms with Gasteiger partial charge in [-0.2, -0.15) is 0 Å². The zero-order chi connectivity index (χ0) is 19.9. The molecule has 140 valence electrons. The molecule has 0 unspecified atom stereocenters. The molecule has 3 rings (SSSR count). The van der Waals surface area contributed by atoms with Crippen LogP contribution in [-0.2, 0) is 23.4 Å². The number of rotatable bonds is 4. The highest BCUT2D eigenvalue weighted by atomic mass is 32.2. The van der Waals surface area contributed by atoms with Crippen molar-refractivity contribution in [2.24, 2.45) is 7.05 Å². The minimum Gasteiger partial charge on any atom is -0.478 e. The van der Waals surface area contributed by atoms with E-state index in [2.05, 4.69) is 0 Å². The number of fused-ring (bicyclic) bond motifs is 1. The first-order valence-electron chi connectivity index (χ1n) is 7.85. The maximum atomic E-state index is 12.8. The van der Waals surface area contributed by atoms with Crippen LogP contribution < -0.4 is 11.2 Å². The first kappa shape index (κ1) is 18.6. The van der Waals surface area contributed by atoms with Gasteiger partial charge in [-0.05, 0) is 35.9 Å². The Morgan fingerprint density at radius 1 is 1.07 bits per heavy atom. The maximum Gasteiger partial charge on any atom is 0.335 e. The molecule has 1 N–H and O–H groups in total. The van der Waals surface area contributed by atoms with Gasteiger partial charge in [-0.15, -0.1) is 0 Å². The molecular formula is C18H16N2O6S. The summed E-state index contributed by atoms with van der Waals surface area (Å²) in [6, 6.07) is 9.86. The van der Waals surface area contributed by atoms with Gasteiger partial charge in [0.05, 0.1) is 27.9 Å². The molecule has 0 spiro atoms. The number of hydrogen-bond donors (Lipinski definition) is 1. The smallest absolute Gasteiger partial charge is 0.335 e. The molecule has 1 aromatic heterocycles. The summed E-state index contributed by atoms with van der Waals surface area (Å²) >= 11 is 0. The van der Waals surface area contributed by atoms with Gasteiger partial charge in [-0.25, -0.2) is 18.0 Å². The Balaban J connectivity index is 2.15. The van der Waals surface area contributed by atoms with E-state index in [4.69, 9.17) is 5.11 Å². The van der Waals surface area contributed by atoms with E-state index >= 15 is 0 Å². The molecule has 8 nitrogen and oxygen atoms in total. The number of carboxylic acid groups (broad SMARTS) is 1. The van der Waals surface area contributed by atoms with Crippen molar-refractivity contribution in [1.29, 1.82) is 0 Å². The lowest BCUT2D eigenvalue weighted by atomic mass is 10.1. The third kappa shape index (κ3) is 3.41. The number of carboxylic acids is 1. The van der Waals surface area contributed by atoms with Crippen LogP contribution in [0, 0.1) is 0 Å². The van der Waals surface area contributed by atoms with Crippen LogP contribution in [0.5, 0.6) is 0 Å². The number of aromatic carboxylic acids is 1. The Kier molecular flexibility index (Phi) is 4.48. The highest BCUT2D eigenvalue weighted by Gasteiger charge is 2.14. The second-order valence-corrected chi connectivity index (χ2v) is 8.20. The van der Waals surface area contributed by atoms with Crippen LogP contribution in [0.1, 0.15) is 15.9 Å². The summed E-state index contributed by atoms with van der Waals surface area (Å²) < 4.78 is 25.3. The lowest BCUT2D eigenvalue weighted by Gasteiger charge is -2.11. The van der Waals surface area contributed by atoms with Crippen molar-refractivity contribution in [3.63, 3.8) is 0 Å². The van der Waals surface area contributed by atoms with Crippen LogP contribution in [-0.4, -0.2) is 34.9 Å². The Labute approximate surface area is 153 Å². The van der Waals surface area contributed by atoms with Gasteiger partial charge < -0.3 is 5.11 Å². The summed E-state index contributed by atoms with van der Waals surface area (Å²) in [6.07, 6.45) is 1.09. The summed E-state index contributed by atoms with van der Waals surface area (Å²) in [4.78, 5) is 36.6. The van der Waals surface area contributed by atoms with Crippen LogP contribution in [0.3, 0.4) is 0 Å². The van der Waals surface area contributed by atoms with Crippen molar-refractivity contribution < 1.29 is 18.3 Å². The van der Waals surface area contributed by atoms with E-state index in [1.807, 2.05) is 0 Å². The fourth-order valence-corrected chi connectivity index (χ4v) is 3.44. The van der Waals surface area contributed by atoms with Gasteiger partial charge in [0.15, 0.2) is 9.84 Å². The van der Waals surface area contributed by atoms with Gasteiger partial charge >= 0.3 is 11.7 Å². The number of benzene rings is 2. The summed E-state index contributed by atoms with van der Waals surface area (Å²) in [6.45, 7) is -0.0667. The van der Waals surface area contributed by atoms with Gasteiger partial charge in [0.25, 0.3) is 5.56 Å². The van der Waals surface area contributed by atoms with E-state index in [-0.39, 0.29) is 22.4 Å². The molecule has 0 aliphatic carbocycles. The molecule has 0 aliphatic rings. The van der Waals surface area contributed by atoms with Gasteiger partial charge in [0, 0.05) is 13.3 Å². The minimum atomic E-state index is -3.35. The predicted molar refractivity (Wildman–Crippen MR) is 99.1 cm³/mol. The van der Waals surface area contributed by atoms with Crippen LogP contribution in [0.2, 0.25) is 0 Å². The minimum absolute atomic E-state index is 0.0534. The quantitative estimate of drug-likeness (QED) is 0.708. The normalized spacial score (nSPS) is 11.6. The van der Waals surface area contributed by atoms with Crippen molar-refractivity contribution in [2.45, 2.75) is 11.4 Å². The molecule has 27 heavy (non-hydrogen) atoms. The van der Waals surface area contributed by atoms with Crippen molar-refractivity contribution in [3.05, 3.63) is 74.4 Å². The van der Waals surface area contributed by atoms with Crippen molar-refractivity contribution >= 4 is 26.7 Å². The van der Waals surface area contributed by atoms with Crippen molar-refractivity contribution in [3.8, 4) is 0 Å². The second kappa shape index (κ2) is 6.51. The molecule has 0 aliphatic heterocycles. The van der Waals surface area contributed by atoms with Gasteiger partial charge in [-0.3, -0.25) is 13.9 Å². The van der Waals surface area contributed by atoms with Gasteiger partial charge in [0.2, 0.25) is 0 Å². The highest BCUT2D eigenvalue weighted by molar-refractivity contribution is 7.90. The molecule has 0 amide bonds. The van der Waals surface area contributed by atoms with Crippen LogP contribution in [0.25, 0.3) is 10.9 Å². The largest absolute Gasteiger partial charge is 0.478 e. The standard InChI is InChI=1S/C18H16N2O6S/c1-19-15-8-5-12(17(22)23)9-14(15)16(21)20(18(19)24)10-11-3-6-13(7-4-11)27(2,25)26/h3-9H,10H2,1-2H3,(H,22,23). The molecule has 1 heterocycles. The predicted octanol–water partition coefficient (Wildman–Crippen LogP) is 0.850. The van der Waals surface area contributed by atoms with Crippen LogP contribution >= 0.6 is 0 Å². The number of aromatic nitrogens is 2. The van der Waals surface area contributed by atoms with E-state index in [1.54, 1.807) is 0 Å².